The van der Waals surface area contributed by atoms with Crippen LogP contribution in [0.25, 0.3) is 5.69 Å². The van der Waals surface area contributed by atoms with Crippen molar-refractivity contribution in [1.82, 2.24) is 19.7 Å². The molecule has 1 aromatic heterocycles. The summed E-state index contributed by atoms with van der Waals surface area (Å²) in [4.78, 5) is 30.2. The van der Waals surface area contributed by atoms with E-state index >= 15 is 0 Å². The third-order valence-electron chi connectivity index (χ3n) is 4.13. The largest absolute Gasteiger partial charge is 0.274 e. The molecule has 2 heterocycles. The van der Waals surface area contributed by atoms with Crippen LogP contribution < -0.4 is 0 Å². The van der Waals surface area contributed by atoms with Gasteiger partial charge in [-0.1, -0.05) is 42.1 Å². The predicted octanol–water partition coefficient (Wildman–Crippen LogP) is 3.05. The molecule has 0 fully saturated rings. The van der Waals surface area contributed by atoms with Gasteiger partial charge in [-0.25, -0.2) is 9.67 Å². The van der Waals surface area contributed by atoms with E-state index in [9.17, 15) is 9.59 Å². The first-order chi connectivity index (χ1) is 12.7. The summed E-state index contributed by atoms with van der Waals surface area (Å²) in [5, 5.41) is 5.11. The number of fused-ring (bicyclic) bond motifs is 1. The number of thioether (sulfide) groups is 1. The summed E-state index contributed by atoms with van der Waals surface area (Å²) in [7, 11) is 0. The van der Waals surface area contributed by atoms with Crippen LogP contribution in [0.3, 0.4) is 0 Å². The van der Waals surface area contributed by atoms with Crippen molar-refractivity contribution in [2.24, 2.45) is 0 Å². The number of rotatable bonds is 6. The molecule has 0 aliphatic carbocycles. The van der Waals surface area contributed by atoms with Gasteiger partial charge in [0.15, 0.2) is 0 Å². The van der Waals surface area contributed by atoms with Gasteiger partial charge in [0.1, 0.15) is 6.33 Å². The van der Waals surface area contributed by atoms with E-state index in [2.05, 4.69) is 10.1 Å². The number of para-hydroxylation sites is 1. The molecule has 4 rings (SSSR count). The van der Waals surface area contributed by atoms with Crippen LogP contribution in [0.15, 0.2) is 66.1 Å². The Bertz CT molecular complexity index is 920. The third kappa shape index (κ3) is 3.13. The Labute approximate surface area is 154 Å². The Morgan fingerprint density at radius 2 is 1.54 bits per heavy atom. The normalized spacial score (nSPS) is 13.3. The molecule has 0 unspecified atom stereocenters. The highest BCUT2D eigenvalue weighted by molar-refractivity contribution is 7.99. The molecule has 2 aromatic carbocycles. The molecular weight excluding hydrogens is 348 g/mol. The highest BCUT2D eigenvalue weighted by Crippen LogP contribution is 2.23. The fourth-order valence-electron chi connectivity index (χ4n) is 2.85. The molecule has 0 bridgehead atoms. The van der Waals surface area contributed by atoms with E-state index in [0.717, 1.165) is 11.4 Å². The first-order valence-electron chi connectivity index (χ1n) is 8.29. The van der Waals surface area contributed by atoms with Gasteiger partial charge in [-0.05, 0) is 30.7 Å². The maximum absolute atomic E-state index is 12.3. The lowest BCUT2D eigenvalue weighted by atomic mass is 10.1. The molecule has 0 N–H and O–H groups in total. The van der Waals surface area contributed by atoms with E-state index in [1.807, 2.05) is 30.3 Å². The number of imide groups is 1. The number of carbonyl (C=O) groups excluding carboxylic acids is 2. The van der Waals surface area contributed by atoms with Crippen LogP contribution in [-0.4, -0.2) is 43.8 Å². The Hall–Kier alpha value is -2.93. The lowest BCUT2D eigenvalue weighted by Crippen LogP contribution is -2.31. The Kier molecular flexibility index (Phi) is 4.53. The Balaban J connectivity index is 1.31. The highest BCUT2D eigenvalue weighted by atomic mass is 32.2. The minimum absolute atomic E-state index is 0.206. The number of carbonyl (C=O) groups is 2. The zero-order valence-electron chi connectivity index (χ0n) is 13.9. The number of aromatic nitrogens is 3. The average molecular weight is 364 g/mol. The molecule has 130 valence electrons. The number of hydrogen-bond acceptors (Lipinski definition) is 5. The summed E-state index contributed by atoms with van der Waals surface area (Å²) in [5.41, 5.74) is 1.94. The van der Waals surface area contributed by atoms with Crippen LogP contribution in [-0.2, 0) is 0 Å². The molecule has 26 heavy (non-hydrogen) atoms. The molecule has 2 amide bonds. The molecule has 1 aliphatic heterocycles. The van der Waals surface area contributed by atoms with Crippen LogP contribution in [0.1, 0.15) is 27.1 Å². The zero-order chi connectivity index (χ0) is 17.9. The van der Waals surface area contributed by atoms with Crippen molar-refractivity contribution in [3.05, 3.63) is 72.1 Å². The minimum Gasteiger partial charge on any atom is -0.274 e. The lowest BCUT2D eigenvalue weighted by molar-refractivity contribution is 0.0655. The molecule has 0 spiro atoms. The summed E-state index contributed by atoms with van der Waals surface area (Å²) < 4.78 is 1.73. The van der Waals surface area contributed by atoms with Crippen molar-refractivity contribution in [1.29, 1.82) is 0 Å². The number of benzene rings is 2. The summed E-state index contributed by atoms with van der Waals surface area (Å²) in [6.07, 6.45) is 2.37. The molecule has 3 aromatic rings. The van der Waals surface area contributed by atoms with Gasteiger partial charge in [0.2, 0.25) is 5.16 Å². The molecule has 0 radical (unpaired) electrons. The fourth-order valence-corrected chi connectivity index (χ4v) is 3.57. The highest BCUT2D eigenvalue weighted by Gasteiger charge is 2.34. The minimum atomic E-state index is -0.206. The van der Waals surface area contributed by atoms with Crippen LogP contribution in [0, 0.1) is 0 Å². The van der Waals surface area contributed by atoms with Crippen molar-refractivity contribution < 1.29 is 9.59 Å². The van der Waals surface area contributed by atoms with Crippen molar-refractivity contribution in [2.45, 2.75) is 11.6 Å². The van der Waals surface area contributed by atoms with Crippen molar-refractivity contribution >= 4 is 23.6 Å². The topological polar surface area (TPSA) is 68.1 Å². The van der Waals surface area contributed by atoms with Gasteiger partial charge in [0.25, 0.3) is 11.8 Å². The van der Waals surface area contributed by atoms with E-state index in [4.69, 9.17) is 0 Å². The summed E-state index contributed by atoms with van der Waals surface area (Å²) in [6, 6.07) is 16.7. The van der Waals surface area contributed by atoms with Gasteiger partial charge in [-0.2, -0.15) is 0 Å². The first kappa shape index (κ1) is 16.5. The average Bonchev–Trinajstić information content (AvgIpc) is 3.25. The van der Waals surface area contributed by atoms with Crippen molar-refractivity contribution in [3.8, 4) is 5.69 Å². The van der Waals surface area contributed by atoms with E-state index in [-0.39, 0.29) is 11.8 Å². The molecule has 1 aliphatic rings. The smallest absolute Gasteiger partial charge is 0.261 e. The van der Waals surface area contributed by atoms with Crippen LogP contribution in [0.2, 0.25) is 0 Å². The quantitative estimate of drug-likeness (QED) is 0.382. The van der Waals surface area contributed by atoms with E-state index < -0.39 is 0 Å². The van der Waals surface area contributed by atoms with E-state index in [0.29, 0.717) is 29.2 Å². The van der Waals surface area contributed by atoms with Crippen molar-refractivity contribution in [3.63, 3.8) is 0 Å². The number of amides is 2. The van der Waals surface area contributed by atoms with Gasteiger partial charge < -0.3 is 0 Å². The summed E-state index contributed by atoms with van der Waals surface area (Å²) >= 11 is 1.51. The number of hydrogen-bond donors (Lipinski definition) is 0. The maximum Gasteiger partial charge on any atom is 0.261 e. The SMILES string of the molecule is O=C1c2ccccc2C(=O)N1CCCSc1ncn(-c2ccccc2)n1. The molecule has 7 heteroatoms. The van der Waals surface area contributed by atoms with Crippen molar-refractivity contribution in [2.75, 3.05) is 12.3 Å². The maximum atomic E-state index is 12.3. The third-order valence-corrected chi connectivity index (χ3v) is 5.07. The van der Waals surface area contributed by atoms with E-state index in [1.54, 1.807) is 35.3 Å². The second kappa shape index (κ2) is 7.13. The van der Waals surface area contributed by atoms with Gasteiger partial charge in [-0.15, -0.1) is 5.10 Å². The second-order valence-corrected chi connectivity index (χ2v) is 6.88. The van der Waals surface area contributed by atoms with Crippen LogP contribution in [0.5, 0.6) is 0 Å². The zero-order valence-corrected chi connectivity index (χ0v) is 14.7. The molecule has 0 saturated carbocycles. The molecular formula is C19H16N4O2S. The molecule has 0 atom stereocenters. The van der Waals surface area contributed by atoms with Gasteiger partial charge in [0.05, 0.1) is 16.8 Å². The monoisotopic (exact) mass is 364 g/mol. The predicted molar refractivity (Wildman–Crippen MR) is 98.5 cm³/mol. The first-order valence-corrected chi connectivity index (χ1v) is 9.28. The van der Waals surface area contributed by atoms with Gasteiger partial charge in [-0.3, -0.25) is 14.5 Å². The molecule has 0 saturated heterocycles. The summed E-state index contributed by atoms with van der Waals surface area (Å²) in [5.74, 6) is 0.316. The fraction of sp³-hybridized carbons (Fsp3) is 0.158. The summed E-state index contributed by atoms with van der Waals surface area (Å²) in [6.45, 7) is 0.402. The Morgan fingerprint density at radius 1 is 0.885 bits per heavy atom. The van der Waals surface area contributed by atoms with Gasteiger partial charge >= 0.3 is 0 Å². The standard InChI is InChI=1S/C19H16N4O2S/c24-17-15-9-4-5-10-16(15)18(25)22(17)11-6-12-26-19-20-13-23(21-19)14-7-2-1-3-8-14/h1-5,7-10,13H,6,11-12H2. The van der Waals surface area contributed by atoms with Crippen LogP contribution in [0.4, 0.5) is 0 Å². The lowest BCUT2D eigenvalue weighted by Gasteiger charge is -2.12. The van der Waals surface area contributed by atoms with Crippen LogP contribution >= 0.6 is 11.8 Å². The van der Waals surface area contributed by atoms with Gasteiger partial charge in [0, 0.05) is 12.3 Å². The van der Waals surface area contributed by atoms with E-state index in [1.165, 1.54) is 16.7 Å². The Morgan fingerprint density at radius 3 is 2.23 bits per heavy atom. The second-order valence-electron chi connectivity index (χ2n) is 5.82. The number of nitrogens with zero attached hydrogens (tertiary/aromatic N) is 4. The molecule has 6 nitrogen and oxygen atoms in total.